The van der Waals surface area contributed by atoms with Crippen LogP contribution in [0.5, 0.6) is 0 Å². The molecule has 25 heavy (non-hydrogen) atoms. The number of nitrogens with one attached hydrogen (secondary N) is 2. The van der Waals surface area contributed by atoms with E-state index in [0.717, 1.165) is 18.5 Å². The van der Waals surface area contributed by atoms with Gasteiger partial charge in [-0.3, -0.25) is 9.59 Å². The van der Waals surface area contributed by atoms with Crippen LogP contribution < -0.4 is 10.6 Å². The Morgan fingerprint density at radius 3 is 2.52 bits per heavy atom. The molecule has 0 aliphatic carbocycles. The normalized spacial score (nSPS) is 11.8. The van der Waals surface area contributed by atoms with E-state index in [2.05, 4.69) is 17.2 Å². The van der Waals surface area contributed by atoms with Gasteiger partial charge in [-0.25, -0.2) is 0 Å². The topological polar surface area (TPSA) is 70.7 Å². The largest absolute Gasteiger partial charge is 0.368 e. The molecule has 0 bridgehead atoms. The van der Waals surface area contributed by atoms with Crippen molar-refractivity contribution >= 4 is 11.8 Å². The van der Waals surface area contributed by atoms with Crippen molar-refractivity contribution in [1.29, 1.82) is 0 Å². The Morgan fingerprint density at radius 2 is 1.92 bits per heavy atom. The lowest BCUT2D eigenvalue weighted by Crippen LogP contribution is -2.34. The van der Waals surface area contributed by atoms with Gasteiger partial charge in [-0.1, -0.05) is 18.2 Å². The van der Waals surface area contributed by atoms with Crippen LogP contribution in [-0.2, 0) is 16.1 Å². The van der Waals surface area contributed by atoms with Crippen LogP contribution in [0.3, 0.4) is 0 Å². The quantitative estimate of drug-likeness (QED) is 0.471. The molecule has 6 heteroatoms. The van der Waals surface area contributed by atoms with E-state index in [1.807, 2.05) is 31.1 Å². The molecule has 0 saturated heterocycles. The molecular weight excluding hydrogens is 318 g/mol. The second-order valence-corrected chi connectivity index (χ2v) is 6.06. The Kier molecular flexibility index (Phi) is 9.50. The van der Waals surface area contributed by atoms with Gasteiger partial charge in [0, 0.05) is 25.2 Å². The monoisotopic (exact) mass is 347 g/mol. The minimum Gasteiger partial charge on any atom is -0.368 e. The van der Waals surface area contributed by atoms with Gasteiger partial charge in [-0.05, 0) is 45.1 Å². The summed E-state index contributed by atoms with van der Waals surface area (Å²) in [5.74, 6) is -0.253. The molecule has 1 aromatic carbocycles. The fraction of sp³-hybridized carbons (Fsp3) is 0.474. The van der Waals surface area contributed by atoms with Gasteiger partial charge in [0.05, 0.1) is 6.61 Å². The Morgan fingerprint density at radius 1 is 1.24 bits per heavy atom. The van der Waals surface area contributed by atoms with E-state index in [1.54, 1.807) is 25.1 Å². The molecule has 1 atom stereocenters. The van der Waals surface area contributed by atoms with Crippen LogP contribution in [-0.4, -0.2) is 56.6 Å². The highest BCUT2D eigenvalue weighted by Crippen LogP contribution is 2.05. The zero-order valence-electron chi connectivity index (χ0n) is 15.4. The van der Waals surface area contributed by atoms with Crippen molar-refractivity contribution in [3.63, 3.8) is 0 Å². The highest BCUT2D eigenvalue weighted by Gasteiger charge is 2.12. The molecule has 0 fully saturated rings. The number of likely N-dealkylation sites (N-methyl/N-ethyl adjacent to an activating group) is 1. The molecule has 1 rings (SSSR count). The number of carbonyl (C=O) groups excluding carboxylic acids is 2. The van der Waals surface area contributed by atoms with E-state index in [0.29, 0.717) is 25.3 Å². The molecule has 0 aromatic heterocycles. The van der Waals surface area contributed by atoms with E-state index in [9.17, 15) is 9.59 Å². The highest BCUT2D eigenvalue weighted by atomic mass is 16.5. The minimum absolute atomic E-state index is 0.0957. The molecule has 0 spiro atoms. The third kappa shape index (κ3) is 8.47. The molecule has 0 aliphatic heterocycles. The van der Waals surface area contributed by atoms with Gasteiger partial charge in [0.25, 0.3) is 5.91 Å². The smallest absolute Gasteiger partial charge is 0.251 e. The average molecular weight is 347 g/mol. The van der Waals surface area contributed by atoms with Gasteiger partial charge >= 0.3 is 0 Å². The fourth-order valence-electron chi connectivity index (χ4n) is 2.01. The molecular formula is C19H29N3O3. The summed E-state index contributed by atoms with van der Waals surface area (Å²) in [6.45, 7) is 7.61. The lowest BCUT2D eigenvalue weighted by molar-refractivity contribution is -0.131. The first kappa shape index (κ1) is 20.9. The number of amides is 2. The van der Waals surface area contributed by atoms with Gasteiger partial charge in [0.15, 0.2) is 0 Å². The minimum atomic E-state index is -0.498. The lowest BCUT2D eigenvalue weighted by atomic mass is 10.1. The Balaban J connectivity index is 2.39. The van der Waals surface area contributed by atoms with E-state index in [1.165, 1.54) is 0 Å². The van der Waals surface area contributed by atoms with Crippen molar-refractivity contribution in [3.8, 4) is 0 Å². The third-order valence-corrected chi connectivity index (χ3v) is 3.59. The Bertz CT molecular complexity index is 556. The number of carbonyl (C=O) groups is 2. The SMILES string of the molecule is C=CCCOC(C)C(=O)NCc1ccc(C(=O)NCCN(C)C)cc1. The molecule has 138 valence electrons. The van der Waals surface area contributed by atoms with Gasteiger partial charge in [0.2, 0.25) is 5.91 Å². The van der Waals surface area contributed by atoms with Crippen LogP contribution in [0.1, 0.15) is 29.3 Å². The number of benzene rings is 1. The second-order valence-electron chi connectivity index (χ2n) is 6.06. The zero-order chi connectivity index (χ0) is 18.7. The summed E-state index contributed by atoms with van der Waals surface area (Å²) in [5.41, 5.74) is 1.53. The summed E-state index contributed by atoms with van der Waals surface area (Å²) in [7, 11) is 3.92. The highest BCUT2D eigenvalue weighted by molar-refractivity contribution is 5.94. The van der Waals surface area contributed by atoms with E-state index >= 15 is 0 Å². The first-order chi connectivity index (χ1) is 11.9. The number of ether oxygens (including phenoxy) is 1. The molecule has 6 nitrogen and oxygen atoms in total. The van der Waals surface area contributed by atoms with Gasteiger partial charge in [0.1, 0.15) is 6.10 Å². The first-order valence-electron chi connectivity index (χ1n) is 8.46. The predicted molar refractivity (Wildman–Crippen MR) is 99.4 cm³/mol. The summed E-state index contributed by atoms with van der Waals surface area (Å²) >= 11 is 0. The zero-order valence-corrected chi connectivity index (χ0v) is 15.4. The maximum Gasteiger partial charge on any atom is 0.251 e. The van der Waals surface area contributed by atoms with Crippen LogP contribution >= 0.6 is 0 Å². The maximum absolute atomic E-state index is 12.0. The van der Waals surface area contributed by atoms with Crippen molar-refractivity contribution in [2.24, 2.45) is 0 Å². The Hall–Kier alpha value is -2.18. The number of hydrogen-bond acceptors (Lipinski definition) is 4. The van der Waals surface area contributed by atoms with Gasteiger partial charge < -0.3 is 20.3 Å². The van der Waals surface area contributed by atoms with Gasteiger partial charge in [-0.15, -0.1) is 6.58 Å². The molecule has 0 aliphatic rings. The average Bonchev–Trinajstić information content (AvgIpc) is 2.59. The number of rotatable bonds is 11. The molecule has 1 aromatic rings. The lowest BCUT2D eigenvalue weighted by Gasteiger charge is -2.13. The molecule has 0 saturated carbocycles. The fourth-order valence-corrected chi connectivity index (χ4v) is 2.01. The van der Waals surface area contributed by atoms with E-state index in [4.69, 9.17) is 4.74 Å². The molecule has 1 unspecified atom stereocenters. The second kappa shape index (κ2) is 11.4. The standard InChI is InChI=1S/C19H29N3O3/c1-5-6-13-25-15(2)18(23)21-14-16-7-9-17(10-8-16)19(24)20-11-12-22(3)4/h5,7-10,15H,1,6,11-14H2,2-4H3,(H,20,24)(H,21,23). The summed E-state index contributed by atoms with van der Waals surface area (Å²) < 4.78 is 5.40. The summed E-state index contributed by atoms with van der Waals surface area (Å²) in [5, 5.41) is 5.69. The van der Waals surface area contributed by atoms with Crippen molar-refractivity contribution in [1.82, 2.24) is 15.5 Å². The van der Waals surface area contributed by atoms with Crippen molar-refractivity contribution in [3.05, 3.63) is 48.0 Å². The van der Waals surface area contributed by atoms with E-state index < -0.39 is 6.10 Å². The maximum atomic E-state index is 12.0. The van der Waals surface area contributed by atoms with Crippen molar-refractivity contribution in [2.75, 3.05) is 33.8 Å². The van der Waals surface area contributed by atoms with Crippen LogP contribution in [0.4, 0.5) is 0 Å². The van der Waals surface area contributed by atoms with Crippen LogP contribution in [0, 0.1) is 0 Å². The molecule has 2 N–H and O–H groups in total. The van der Waals surface area contributed by atoms with Crippen LogP contribution in [0.25, 0.3) is 0 Å². The van der Waals surface area contributed by atoms with E-state index in [-0.39, 0.29) is 11.8 Å². The van der Waals surface area contributed by atoms with Crippen LogP contribution in [0.2, 0.25) is 0 Å². The molecule has 0 heterocycles. The summed E-state index contributed by atoms with van der Waals surface area (Å²) in [4.78, 5) is 25.9. The molecule has 2 amide bonds. The number of hydrogen-bond donors (Lipinski definition) is 2. The Labute approximate surface area is 150 Å². The third-order valence-electron chi connectivity index (χ3n) is 3.59. The van der Waals surface area contributed by atoms with Crippen molar-refractivity contribution in [2.45, 2.75) is 26.0 Å². The van der Waals surface area contributed by atoms with Gasteiger partial charge in [-0.2, -0.15) is 0 Å². The summed E-state index contributed by atoms with van der Waals surface area (Å²) in [6.07, 6.45) is 1.97. The first-order valence-corrected chi connectivity index (χ1v) is 8.46. The number of nitrogens with zero attached hydrogens (tertiary/aromatic N) is 1. The van der Waals surface area contributed by atoms with Crippen LogP contribution in [0.15, 0.2) is 36.9 Å². The predicted octanol–water partition coefficient (Wildman–Crippen LogP) is 1.58. The summed E-state index contributed by atoms with van der Waals surface area (Å²) in [6, 6.07) is 7.20. The van der Waals surface area contributed by atoms with Crippen molar-refractivity contribution < 1.29 is 14.3 Å². The molecule has 0 radical (unpaired) electrons.